The van der Waals surface area contributed by atoms with E-state index in [1.807, 2.05) is 30.3 Å². The van der Waals surface area contributed by atoms with E-state index in [0.717, 1.165) is 5.56 Å². The fraction of sp³-hybridized carbons (Fsp3) is 0.300. The monoisotopic (exact) mass is 356 g/mol. The number of ketones is 1. The third-order valence-corrected chi connectivity index (χ3v) is 4.98. The molecule has 0 aliphatic carbocycles. The second-order valence-electron chi connectivity index (χ2n) is 6.36. The number of nitrogens with two attached hydrogens (primary N) is 1. The zero-order valence-electron chi connectivity index (χ0n) is 13.9. The molecule has 3 rings (SSSR count). The highest BCUT2D eigenvalue weighted by atomic mass is 35.5. The number of piperidine rings is 1. The molecule has 0 spiro atoms. The molecule has 2 aromatic rings. The number of likely N-dealkylation sites (tertiary alicyclic amines) is 1. The molecule has 1 unspecified atom stereocenters. The van der Waals surface area contributed by atoms with Crippen LogP contribution in [-0.2, 0) is 4.79 Å². The molecule has 1 amide bonds. The van der Waals surface area contributed by atoms with Gasteiger partial charge in [-0.05, 0) is 42.7 Å². The Balaban J connectivity index is 1.59. The van der Waals surface area contributed by atoms with Gasteiger partial charge in [0.25, 0.3) is 0 Å². The van der Waals surface area contributed by atoms with Gasteiger partial charge >= 0.3 is 0 Å². The van der Waals surface area contributed by atoms with Gasteiger partial charge in [0.05, 0.1) is 0 Å². The number of halogens is 1. The molecular formula is C20H21ClN2O2. The molecule has 2 aromatic carbocycles. The summed E-state index contributed by atoms with van der Waals surface area (Å²) in [6.07, 6.45) is 1.32. The van der Waals surface area contributed by atoms with Gasteiger partial charge in [-0.3, -0.25) is 9.59 Å². The lowest BCUT2D eigenvalue weighted by molar-refractivity contribution is -0.134. The Morgan fingerprint density at radius 3 is 2.20 bits per heavy atom. The molecule has 1 fully saturated rings. The van der Waals surface area contributed by atoms with Crippen molar-refractivity contribution >= 4 is 23.3 Å². The van der Waals surface area contributed by atoms with E-state index >= 15 is 0 Å². The van der Waals surface area contributed by atoms with Crippen LogP contribution >= 0.6 is 11.6 Å². The number of Topliss-reactive ketones (excluding diaryl/α,β-unsaturated/α-hetero) is 1. The van der Waals surface area contributed by atoms with Gasteiger partial charge in [0.2, 0.25) is 5.91 Å². The van der Waals surface area contributed by atoms with E-state index in [4.69, 9.17) is 17.3 Å². The van der Waals surface area contributed by atoms with Crippen LogP contribution in [-0.4, -0.2) is 29.7 Å². The van der Waals surface area contributed by atoms with Gasteiger partial charge in [-0.25, -0.2) is 0 Å². The third-order valence-electron chi connectivity index (χ3n) is 4.73. The fourth-order valence-electron chi connectivity index (χ4n) is 3.21. The van der Waals surface area contributed by atoms with Gasteiger partial charge in [0.15, 0.2) is 5.78 Å². The van der Waals surface area contributed by atoms with Crippen LogP contribution in [0.1, 0.15) is 34.8 Å². The predicted octanol–water partition coefficient (Wildman–Crippen LogP) is 3.46. The molecule has 1 aliphatic rings. The summed E-state index contributed by atoms with van der Waals surface area (Å²) < 4.78 is 0. The van der Waals surface area contributed by atoms with Crippen LogP contribution in [0.3, 0.4) is 0 Å². The minimum Gasteiger partial charge on any atom is -0.341 e. The SMILES string of the molecule is NC(C(=O)N1CCC(C(=O)c2ccc(Cl)cc2)CC1)c1ccccc1. The smallest absolute Gasteiger partial charge is 0.244 e. The van der Waals surface area contributed by atoms with Crippen LogP contribution in [0.25, 0.3) is 0 Å². The average molecular weight is 357 g/mol. The van der Waals surface area contributed by atoms with Gasteiger partial charge in [-0.15, -0.1) is 0 Å². The molecule has 0 radical (unpaired) electrons. The number of carbonyl (C=O) groups excluding carboxylic acids is 2. The van der Waals surface area contributed by atoms with Crippen molar-refractivity contribution in [3.05, 3.63) is 70.7 Å². The summed E-state index contributed by atoms with van der Waals surface area (Å²) in [5.41, 5.74) is 7.59. The van der Waals surface area contributed by atoms with E-state index in [2.05, 4.69) is 0 Å². The van der Waals surface area contributed by atoms with Crippen molar-refractivity contribution in [1.82, 2.24) is 4.90 Å². The summed E-state index contributed by atoms with van der Waals surface area (Å²) in [6, 6.07) is 15.7. The van der Waals surface area contributed by atoms with Crippen LogP contribution in [0.5, 0.6) is 0 Å². The van der Waals surface area contributed by atoms with Crippen LogP contribution in [0.4, 0.5) is 0 Å². The minimum atomic E-state index is -0.648. The second-order valence-corrected chi connectivity index (χ2v) is 6.80. The maximum atomic E-state index is 12.6. The average Bonchev–Trinajstić information content (AvgIpc) is 2.67. The highest BCUT2D eigenvalue weighted by molar-refractivity contribution is 6.30. The molecule has 5 heteroatoms. The largest absolute Gasteiger partial charge is 0.341 e. The third kappa shape index (κ3) is 4.09. The first-order chi connectivity index (χ1) is 12.1. The van der Waals surface area contributed by atoms with Crippen LogP contribution in [0, 0.1) is 5.92 Å². The number of rotatable bonds is 4. The highest BCUT2D eigenvalue weighted by Crippen LogP contribution is 2.24. The maximum absolute atomic E-state index is 12.6. The van der Waals surface area contributed by atoms with Gasteiger partial charge in [0, 0.05) is 29.6 Å². The zero-order valence-corrected chi connectivity index (χ0v) is 14.7. The molecule has 0 bridgehead atoms. The van der Waals surface area contributed by atoms with E-state index in [9.17, 15) is 9.59 Å². The first kappa shape index (κ1) is 17.6. The Hall–Kier alpha value is -2.17. The Kier molecular flexibility index (Phi) is 5.51. The lowest BCUT2D eigenvalue weighted by Crippen LogP contribution is -2.44. The van der Waals surface area contributed by atoms with Crippen LogP contribution in [0.15, 0.2) is 54.6 Å². The normalized spacial score (nSPS) is 16.5. The first-order valence-electron chi connectivity index (χ1n) is 8.45. The zero-order chi connectivity index (χ0) is 17.8. The molecule has 0 saturated carbocycles. The number of carbonyl (C=O) groups is 2. The number of benzene rings is 2. The van der Waals surface area contributed by atoms with Crippen LogP contribution in [0.2, 0.25) is 5.02 Å². The van der Waals surface area contributed by atoms with E-state index in [1.54, 1.807) is 29.2 Å². The lowest BCUT2D eigenvalue weighted by Gasteiger charge is -2.33. The van der Waals surface area contributed by atoms with Crippen molar-refractivity contribution in [3.8, 4) is 0 Å². The highest BCUT2D eigenvalue weighted by Gasteiger charge is 2.30. The minimum absolute atomic E-state index is 0.0572. The fourth-order valence-corrected chi connectivity index (χ4v) is 3.34. The summed E-state index contributed by atoms with van der Waals surface area (Å²) in [5.74, 6) is -0.0158. The molecular weight excluding hydrogens is 336 g/mol. The molecule has 130 valence electrons. The predicted molar refractivity (Wildman–Crippen MR) is 98.5 cm³/mol. The number of amides is 1. The van der Waals surface area contributed by atoms with Gasteiger partial charge < -0.3 is 10.6 Å². The van der Waals surface area contributed by atoms with E-state index in [1.165, 1.54) is 0 Å². The van der Waals surface area contributed by atoms with Gasteiger partial charge in [-0.1, -0.05) is 41.9 Å². The number of hydrogen-bond acceptors (Lipinski definition) is 3. The summed E-state index contributed by atoms with van der Waals surface area (Å²) in [5, 5.41) is 0.617. The van der Waals surface area contributed by atoms with Crippen molar-refractivity contribution in [2.45, 2.75) is 18.9 Å². The Morgan fingerprint density at radius 1 is 1.00 bits per heavy atom. The van der Waals surface area contributed by atoms with Gasteiger partial charge in [0.1, 0.15) is 6.04 Å². The van der Waals surface area contributed by atoms with Crippen molar-refractivity contribution in [1.29, 1.82) is 0 Å². The summed E-state index contributed by atoms with van der Waals surface area (Å²) in [4.78, 5) is 26.9. The number of nitrogens with zero attached hydrogens (tertiary/aromatic N) is 1. The van der Waals surface area contributed by atoms with Crippen molar-refractivity contribution in [3.63, 3.8) is 0 Å². The topological polar surface area (TPSA) is 63.4 Å². The molecule has 0 aromatic heterocycles. The van der Waals surface area contributed by atoms with Crippen molar-refractivity contribution in [2.24, 2.45) is 11.7 Å². The lowest BCUT2D eigenvalue weighted by atomic mass is 9.88. The Morgan fingerprint density at radius 2 is 1.60 bits per heavy atom. The van der Waals surface area contributed by atoms with Crippen molar-refractivity contribution in [2.75, 3.05) is 13.1 Å². The molecule has 4 nitrogen and oxygen atoms in total. The number of hydrogen-bond donors (Lipinski definition) is 1. The second kappa shape index (κ2) is 7.81. The molecule has 25 heavy (non-hydrogen) atoms. The molecule has 2 N–H and O–H groups in total. The summed E-state index contributed by atoms with van der Waals surface area (Å²) >= 11 is 5.87. The molecule has 1 saturated heterocycles. The van der Waals surface area contributed by atoms with E-state index in [0.29, 0.717) is 36.5 Å². The summed E-state index contributed by atoms with van der Waals surface area (Å²) in [6.45, 7) is 1.12. The van der Waals surface area contributed by atoms with Crippen molar-refractivity contribution < 1.29 is 9.59 Å². The first-order valence-corrected chi connectivity index (χ1v) is 8.83. The Labute approximate surface area is 152 Å². The van der Waals surface area contributed by atoms with E-state index in [-0.39, 0.29) is 17.6 Å². The van der Waals surface area contributed by atoms with Crippen LogP contribution < -0.4 is 5.73 Å². The molecule has 1 atom stereocenters. The Bertz CT molecular complexity index is 738. The van der Waals surface area contributed by atoms with E-state index < -0.39 is 6.04 Å². The summed E-state index contributed by atoms with van der Waals surface area (Å²) in [7, 11) is 0. The van der Waals surface area contributed by atoms with Gasteiger partial charge in [-0.2, -0.15) is 0 Å². The molecule has 1 aliphatic heterocycles. The maximum Gasteiger partial charge on any atom is 0.244 e. The quantitative estimate of drug-likeness (QED) is 0.853. The molecule has 1 heterocycles. The standard InChI is InChI=1S/C20H21ClN2O2/c21-17-8-6-15(7-9-17)19(24)16-10-12-23(13-11-16)20(25)18(22)14-4-2-1-3-5-14/h1-9,16,18H,10-13,22H2.